The molecule has 0 unspecified atom stereocenters. The zero-order valence-corrected chi connectivity index (χ0v) is 12.4. The lowest BCUT2D eigenvalue weighted by Gasteiger charge is -2.34. The predicted molar refractivity (Wildman–Crippen MR) is 77.4 cm³/mol. The van der Waals surface area contributed by atoms with E-state index in [0.717, 1.165) is 31.2 Å². The zero-order valence-electron chi connectivity index (χ0n) is 11.6. The molecule has 1 aliphatic rings. The molecule has 0 atom stereocenters. The highest BCUT2D eigenvalue weighted by Crippen LogP contribution is 2.29. The number of hydrogen-bond acceptors (Lipinski definition) is 3. The minimum Gasteiger partial charge on any atom is -0.399 e. The monoisotopic (exact) mass is 282 g/mol. The molecular weight excluding hydrogens is 260 g/mol. The van der Waals surface area contributed by atoms with Crippen LogP contribution in [0.25, 0.3) is 0 Å². The van der Waals surface area contributed by atoms with Crippen LogP contribution in [0.4, 0.5) is 5.69 Å². The number of anilines is 1. The molecule has 4 nitrogen and oxygen atoms in total. The van der Waals surface area contributed by atoms with Crippen LogP contribution >= 0.6 is 0 Å². The third kappa shape index (κ3) is 3.48. The fourth-order valence-electron chi connectivity index (χ4n) is 2.75. The van der Waals surface area contributed by atoms with Crippen molar-refractivity contribution in [2.75, 3.05) is 5.73 Å². The first-order valence-corrected chi connectivity index (χ1v) is 8.20. The summed E-state index contributed by atoms with van der Waals surface area (Å²) < 4.78 is 27.7. The van der Waals surface area contributed by atoms with Gasteiger partial charge in [0.2, 0.25) is 10.0 Å². The number of nitrogen functional groups attached to an aromatic ring is 1. The van der Waals surface area contributed by atoms with Crippen molar-refractivity contribution in [1.82, 2.24) is 4.72 Å². The molecule has 0 amide bonds. The highest BCUT2D eigenvalue weighted by Gasteiger charge is 2.32. The molecule has 0 aliphatic heterocycles. The third-order valence-corrected chi connectivity index (χ3v) is 5.34. The average molecular weight is 282 g/mol. The quantitative estimate of drug-likeness (QED) is 0.837. The lowest BCUT2D eigenvalue weighted by atomic mass is 9.84. The molecular formula is C14H22N2O2S. The van der Waals surface area contributed by atoms with Gasteiger partial charge in [0.25, 0.3) is 0 Å². The lowest BCUT2D eigenvalue weighted by Crippen LogP contribution is -2.47. The Morgan fingerprint density at radius 3 is 2.37 bits per heavy atom. The number of nitrogens with two attached hydrogens (primary N) is 1. The minimum absolute atomic E-state index is 0.261. The van der Waals surface area contributed by atoms with E-state index in [1.165, 1.54) is 12.5 Å². The molecule has 1 fully saturated rings. The van der Waals surface area contributed by atoms with Gasteiger partial charge in [-0.3, -0.25) is 0 Å². The first-order chi connectivity index (χ1) is 8.81. The Bertz CT molecular complexity index is 541. The van der Waals surface area contributed by atoms with Gasteiger partial charge in [-0.2, -0.15) is 0 Å². The van der Waals surface area contributed by atoms with E-state index in [1.54, 1.807) is 12.1 Å². The van der Waals surface area contributed by atoms with Crippen molar-refractivity contribution < 1.29 is 8.42 Å². The minimum atomic E-state index is -3.49. The number of nitrogens with one attached hydrogen (secondary N) is 1. The average Bonchev–Trinajstić information content (AvgIpc) is 2.27. The Morgan fingerprint density at radius 1 is 1.16 bits per heavy atom. The molecule has 3 N–H and O–H groups in total. The highest BCUT2D eigenvalue weighted by atomic mass is 32.2. The number of sulfonamides is 1. The summed E-state index contributed by atoms with van der Waals surface area (Å²) in [5.41, 5.74) is 6.74. The van der Waals surface area contributed by atoms with Crippen LogP contribution in [0.15, 0.2) is 23.1 Å². The van der Waals surface area contributed by atoms with E-state index in [-0.39, 0.29) is 10.4 Å². The van der Waals surface area contributed by atoms with Gasteiger partial charge in [-0.25, -0.2) is 13.1 Å². The van der Waals surface area contributed by atoms with E-state index in [9.17, 15) is 8.42 Å². The molecule has 0 heterocycles. The highest BCUT2D eigenvalue weighted by molar-refractivity contribution is 7.89. The summed E-state index contributed by atoms with van der Waals surface area (Å²) in [6.07, 6.45) is 5.14. The van der Waals surface area contributed by atoms with Gasteiger partial charge in [0.15, 0.2) is 0 Å². The second kappa shape index (κ2) is 5.13. The van der Waals surface area contributed by atoms with Gasteiger partial charge in [-0.05, 0) is 50.5 Å². The first kappa shape index (κ1) is 14.3. The van der Waals surface area contributed by atoms with Crippen molar-refractivity contribution in [2.45, 2.75) is 56.4 Å². The van der Waals surface area contributed by atoms with E-state index in [0.29, 0.717) is 5.69 Å². The molecule has 0 aromatic heterocycles. The van der Waals surface area contributed by atoms with Crippen molar-refractivity contribution in [2.24, 2.45) is 0 Å². The van der Waals surface area contributed by atoms with Crippen LogP contribution in [0.5, 0.6) is 0 Å². The van der Waals surface area contributed by atoms with Gasteiger partial charge in [-0.1, -0.05) is 19.3 Å². The maximum absolute atomic E-state index is 12.4. The van der Waals surface area contributed by atoms with Crippen LogP contribution in [-0.4, -0.2) is 14.0 Å². The number of aryl methyl sites for hydroxylation is 1. The molecule has 1 aromatic rings. The van der Waals surface area contributed by atoms with Gasteiger partial charge < -0.3 is 5.73 Å². The predicted octanol–water partition coefficient (Wildman–Crippen LogP) is 2.58. The smallest absolute Gasteiger partial charge is 0.241 e. The normalized spacial score (nSPS) is 19.3. The van der Waals surface area contributed by atoms with Gasteiger partial charge in [0.05, 0.1) is 4.90 Å². The largest absolute Gasteiger partial charge is 0.399 e. The molecule has 1 saturated carbocycles. The maximum Gasteiger partial charge on any atom is 0.241 e. The Kier molecular flexibility index (Phi) is 3.87. The molecule has 19 heavy (non-hydrogen) atoms. The number of benzene rings is 1. The summed E-state index contributed by atoms with van der Waals surface area (Å²) in [6.45, 7) is 3.83. The van der Waals surface area contributed by atoms with Crippen LogP contribution in [-0.2, 0) is 10.0 Å². The summed E-state index contributed by atoms with van der Waals surface area (Å²) in [4.78, 5) is 0.261. The van der Waals surface area contributed by atoms with Crippen molar-refractivity contribution in [1.29, 1.82) is 0 Å². The molecule has 0 bridgehead atoms. The van der Waals surface area contributed by atoms with E-state index < -0.39 is 10.0 Å². The standard InChI is InChI=1S/C14H22N2O2S/c1-11-8-12(15)10-13(9-11)19(17,18)16-14(2)6-4-3-5-7-14/h8-10,16H,3-7,15H2,1-2H3. The Morgan fingerprint density at radius 2 is 1.79 bits per heavy atom. The van der Waals surface area contributed by atoms with Crippen molar-refractivity contribution >= 4 is 15.7 Å². The summed E-state index contributed by atoms with van der Waals surface area (Å²) in [5, 5.41) is 0. The summed E-state index contributed by atoms with van der Waals surface area (Å²) in [5.74, 6) is 0. The Balaban J connectivity index is 2.27. The third-order valence-electron chi connectivity index (χ3n) is 3.72. The first-order valence-electron chi connectivity index (χ1n) is 6.72. The topological polar surface area (TPSA) is 72.2 Å². The molecule has 0 saturated heterocycles. The van der Waals surface area contributed by atoms with Gasteiger partial charge in [0, 0.05) is 11.2 Å². The van der Waals surface area contributed by atoms with Gasteiger partial charge in [0.1, 0.15) is 0 Å². The molecule has 0 radical (unpaired) electrons. The van der Waals surface area contributed by atoms with Crippen LogP contribution in [0.2, 0.25) is 0 Å². The second-order valence-corrected chi connectivity index (χ2v) is 7.49. The molecule has 5 heteroatoms. The summed E-state index contributed by atoms with van der Waals surface area (Å²) in [6, 6.07) is 4.94. The number of hydrogen-bond donors (Lipinski definition) is 2. The molecule has 106 valence electrons. The summed E-state index contributed by atoms with van der Waals surface area (Å²) >= 11 is 0. The van der Waals surface area contributed by atoms with Crippen molar-refractivity contribution in [3.63, 3.8) is 0 Å². The Labute approximate surface area is 115 Å². The lowest BCUT2D eigenvalue weighted by molar-refractivity contribution is 0.294. The van der Waals surface area contributed by atoms with Crippen LogP contribution < -0.4 is 10.5 Å². The molecule has 0 spiro atoms. The van der Waals surface area contributed by atoms with E-state index in [2.05, 4.69) is 4.72 Å². The van der Waals surface area contributed by atoms with E-state index >= 15 is 0 Å². The van der Waals surface area contributed by atoms with Crippen molar-refractivity contribution in [3.8, 4) is 0 Å². The molecule has 1 aliphatic carbocycles. The van der Waals surface area contributed by atoms with E-state index in [4.69, 9.17) is 5.73 Å². The fraction of sp³-hybridized carbons (Fsp3) is 0.571. The van der Waals surface area contributed by atoms with Gasteiger partial charge >= 0.3 is 0 Å². The van der Waals surface area contributed by atoms with Gasteiger partial charge in [-0.15, -0.1) is 0 Å². The number of rotatable bonds is 3. The van der Waals surface area contributed by atoms with E-state index in [1.807, 2.05) is 13.8 Å². The maximum atomic E-state index is 12.4. The second-order valence-electron chi connectivity index (χ2n) is 5.81. The van der Waals surface area contributed by atoms with Crippen LogP contribution in [0.1, 0.15) is 44.6 Å². The SMILES string of the molecule is Cc1cc(N)cc(S(=O)(=O)NC2(C)CCCCC2)c1. The Hall–Kier alpha value is -1.07. The van der Waals surface area contributed by atoms with Crippen LogP contribution in [0, 0.1) is 6.92 Å². The fourth-order valence-corrected chi connectivity index (χ4v) is 4.35. The van der Waals surface area contributed by atoms with Crippen molar-refractivity contribution in [3.05, 3.63) is 23.8 Å². The van der Waals surface area contributed by atoms with Crippen LogP contribution in [0.3, 0.4) is 0 Å². The zero-order chi connectivity index (χ0) is 14.1. The molecule has 1 aromatic carbocycles. The molecule has 2 rings (SSSR count). The summed E-state index contributed by atoms with van der Waals surface area (Å²) in [7, 11) is -3.49.